The van der Waals surface area contributed by atoms with Crippen molar-refractivity contribution in [2.45, 2.75) is 26.8 Å². The highest BCUT2D eigenvalue weighted by Crippen LogP contribution is 2.17. The number of carbonyl (C=O) groups excluding carboxylic acids is 2. The molecule has 2 heterocycles. The molecular formula is C22H28N4O3. The molecule has 7 nitrogen and oxygen atoms in total. The summed E-state index contributed by atoms with van der Waals surface area (Å²) in [6.45, 7) is 8.82. The van der Waals surface area contributed by atoms with Gasteiger partial charge in [0, 0.05) is 18.7 Å². The van der Waals surface area contributed by atoms with Gasteiger partial charge >= 0.3 is 0 Å². The van der Waals surface area contributed by atoms with Crippen LogP contribution in [0.15, 0.2) is 42.6 Å². The molecule has 1 atom stereocenters. The van der Waals surface area contributed by atoms with E-state index < -0.39 is 6.04 Å². The van der Waals surface area contributed by atoms with E-state index in [0.29, 0.717) is 24.6 Å². The molecule has 7 heteroatoms. The Morgan fingerprint density at radius 2 is 1.76 bits per heavy atom. The maximum atomic E-state index is 12.8. The van der Waals surface area contributed by atoms with Crippen LogP contribution in [0, 0.1) is 12.8 Å². The molecule has 0 saturated carbocycles. The maximum absolute atomic E-state index is 12.8. The van der Waals surface area contributed by atoms with E-state index in [-0.39, 0.29) is 17.7 Å². The molecule has 2 aromatic rings. The van der Waals surface area contributed by atoms with Crippen LogP contribution in [-0.2, 0) is 9.53 Å². The normalized spacial score (nSPS) is 15.1. The zero-order chi connectivity index (χ0) is 20.8. The van der Waals surface area contributed by atoms with E-state index in [1.54, 1.807) is 24.4 Å². The van der Waals surface area contributed by atoms with Crippen molar-refractivity contribution in [1.82, 2.24) is 10.3 Å². The van der Waals surface area contributed by atoms with Crippen molar-refractivity contribution in [3.05, 3.63) is 53.7 Å². The van der Waals surface area contributed by atoms with Gasteiger partial charge in [-0.25, -0.2) is 4.98 Å². The maximum Gasteiger partial charge on any atom is 0.251 e. The number of anilines is 2. The Balaban J connectivity index is 1.63. The molecule has 29 heavy (non-hydrogen) atoms. The second-order valence-electron chi connectivity index (χ2n) is 7.55. The van der Waals surface area contributed by atoms with Crippen LogP contribution in [0.1, 0.15) is 29.8 Å². The number of benzene rings is 1. The number of nitrogens with zero attached hydrogens (tertiary/aromatic N) is 2. The van der Waals surface area contributed by atoms with Gasteiger partial charge in [-0.05, 0) is 37.1 Å². The van der Waals surface area contributed by atoms with Crippen LogP contribution in [0.4, 0.5) is 11.5 Å². The lowest BCUT2D eigenvalue weighted by atomic mass is 10.0. The lowest BCUT2D eigenvalue weighted by Gasteiger charge is -2.28. The van der Waals surface area contributed by atoms with E-state index in [9.17, 15) is 9.59 Å². The van der Waals surface area contributed by atoms with E-state index in [1.165, 1.54) is 0 Å². The van der Waals surface area contributed by atoms with Crippen molar-refractivity contribution in [3.8, 4) is 0 Å². The number of hydrogen-bond acceptors (Lipinski definition) is 5. The highest BCUT2D eigenvalue weighted by Gasteiger charge is 2.25. The van der Waals surface area contributed by atoms with E-state index in [4.69, 9.17) is 4.74 Å². The molecule has 0 radical (unpaired) electrons. The van der Waals surface area contributed by atoms with Gasteiger partial charge in [-0.15, -0.1) is 0 Å². The number of amides is 2. The van der Waals surface area contributed by atoms with Crippen molar-refractivity contribution >= 4 is 23.3 Å². The third-order valence-corrected chi connectivity index (χ3v) is 4.92. The Kier molecular flexibility index (Phi) is 6.82. The van der Waals surface area contributed by atoms with Crippen LogP contribution in [-0.4, -0.2) is 49.1 Å². The Morgan fingerprint density at radius 1 is 1.07 bits per heavy atom. The number of aryl methyl sites for hydroxylation is 1. The van der Waals surface area contributed by atoms with Gasteiger partial charge in [0.1, 0.15) is 11.9 Å². The van der Waals surface area contributed by atoms with E-state index >= 15 is 0 Å². The summed E-state index contributed by atoms with van der Waals surface area (Å²) in [6, 6.07) is 10.3. The molecule has 154 valence electrons. The zero-order valence-corrected chi connectivity index (χ0v) is 17.1. The fraction of sp³-hybridized carbons (Fsp3) is 0.409. The minimum absolute atomic E-state index is 0.0722. The Labute approximate surface area is 171 Å². The van der Waals surface area contributed by atoms with Gasteiger partial charge in [0.25, 0.3) is 5.91 Å². The summed E-state index contributed by atoms with van der Waals surface area (Å²) in [5, 5.41) is 5.65. The molecule has 0 aliphatic carbocycles. The summed E-state index contributed by atoms with van der Waals surface area (Å²) in [6.07, 6.45) is 1.75. The van der Waals surface area contributed by atoms with Crippen LogP contribution in [0.5, 0.6) is 0 Å². The summed E-state index contributed by atoms with van der Waals surface area (Å²) >= 11 is 0. The first-order valence-electron chi connectivity index (χ1n) is 9.91. The average molecular weight is 396 g/mol. The molecule has 2 amide bonds. The predicted octanol–water partition coefficient (Wildman–Crippen LogP) is 2.62. The Morgan fingerprint density at radius 3 is 2.34 bits per heavy atom. The number of carbonyl (C=O) groups is 2. The standard InChI is InChI=1S/C22H28N4O3/c1-15(2)20(25-21(27)17-6-4-16(3)5-7-17)22(28)24-19-9-8-18(14-23-19)26-10-12-29-13-11-26/h4-9,14-15,20H,10-13H2,1-3H3,(H,25,27)(H,23,24,28). The quantitative estimate of drug-likeness (QED) is 0.784. The summed E-state index contributed by atoms with van der Waals surface area (Å²) < 4.78 is 5.36. The van der Waals surface area contributed by atoms with Gasteiger partial charge in [0.05, 0.1) is 25.1 Å². The van der Waals surface area contributed by atoms with Crippen molar-refractivity contribution in [2.24, 2.45) is 5.92 Å². The van der Waals surface area contributed by atoms with Gasteiger partial charge in [0.15, 0.2) is 0 Å². The summed E-state index contributed by atoms with van der Waals surface area (Å²) in [5.41, 5.74) is 2.60. The lowest BCUT2D eigenvalue weighted by molar-refractivity contribution is -0.118. The molecule has 2 N–H and O–H groups in total. The number of pyridine rings is 1. The number of rotatable bonds is 6. The topological polar surface area (TPSA) is 83.6 Å². The number of morpholine rings is 1. The van der Waals surface area contributed by atoms with Crippen LogP contribution in [0.3, 0.4) is 0 Å². The number of nitrogens with one attached hydrogen (secondary N) is 2. The number of ether oxygens (including phenoxy) is 1. The van der Waals surface area contributed by atoms with Crippen LogP contribution in [0.2, 0.25) is 0 Å². The molecule has 0 spiro atoms. The lowest BCUT2D eigenvalue weighted by Crippen LogP contribution is -2.47. The first-order valence-corrected chi connectivity index (χ1v) is 9.91. The highest BCUT2D eigenvalue weighted by molar-refractivity contribution is 6.01. The van der Waals surface area contributed by atoms with E-state index in [1.807, 2.05) is 39.0 Å². The summed E-state index contributed by atoms with van der Waals surface area (Å²) in [7, 11) is 0. The SMILES string of the molecule is Cc1ccc(C(=O)NC(C(=O)Nc2ccc(N3CCOCC3)cn2)C(C)C)cc1. The predicted molar refractivity (Wildman–Crippen MR) is 113 cm³/mol. The third kappa shape index (κ3) is 5.54. The van der Waals surface area contributed by atoms with Crippen LogP contribution >= 0.6 is 0 Å². The second-order valence-corrected chi connectivity index (χ2v) is 7.55. The molecule has 1 aromatic heterocycles. The monoisotopic (exact) mass is 396 g/mol. The summed E-state index contributed by atoms with van der Waals surface area (Å²) in [4.78, 5) is 31.8. The molecule has 1 aliphatic heterocycles. The average Bonchev–Trinajstić information content (AvgIpc) is 2.73. The molecule has 1 unspecified atom stereocenters. The fourth-order valence-corrected chi connectivity index (χ4v) is 3.14. The summed E-state index contributed by atoms with van der Waals surface area (Å²) in [5.74, 6) is -0.166. The van der Waals surface area contributed by atoms with Gasteiger partial charge in [-0.2, -0.15) is 0 Å². The highest BCUT2D eigenvalue weighted by atomic mass is 16.5. The second kappa shape index (κ2) is 9.52. The molecule has 1 saturated heterocycles. The fourth-order valence-electron chi connectivity index (χ4n) is 3.14. The van der Waals surface area contributed by atoms with Crippen molar-refractivity contribution < 1.29 is 14.3 Å². The molecule has 3 rings (SSSR count). The van der Waals surface area contributed by atoms with E-state index in [0.717, 1.165) is 24.3 Å². The first kappa shape index (κ1) is 20.8. The first-order chi connectivity index (χ1) is 13.9. The zero-order valence-electron chi connectivity index (χ0n) is 17.1. The largest absolute Gasteiger partial charge is 0.378 e. The molecule has 0 bridgehead atoms. The minimum atomic E-state index is -0.662. The molecular weight excluding hydrogens is 368 g/mol. The number of aromatic nitrogens is 1. The van der Waals surface area contributed by atoms with Gasteiger partial charge in [-0.1, -0.05) is 31.5 Å². The number of hydrogen-bond donors (Lipinski definition) is 2. The van der Waals surface area contributed by atoms with Gasteiger partial charge < -0.3 is 20.3 Å². The van der Waals surface area contributed by atoms with Crippen LogP contribution < -0.4 is 15.5 Å². The molecule has 1 aromatic carbocycles. The van der Waals surface area contributed by atoms with Crippen molar-refractivity contribution in [2.75, 3.05) is 36.5 Å². The molecule has 1 aliphatic rings. The minimum Gasteiger partial charge on any atom is -0.378 e. The van der Waals surface area contributed by atoms with Crippen molar-refractivity contribution in [3.63, 3.8) is 0 Å². The Bertz CT molecular complexity index is 828. The Hall–Kier alpha value is -2.93. The van der Waals surface area contributed by atoms with Gasteiger partial charge in [-0.3, -0.25) is 9.59 Å². The smallest absolute Gasteiger partial charge is 0.251 e. The van der Waals surface area contributed by atoms with Gasteiger partial charge in [0.2, 0.25) is 5.91 Å². The van der Waals surface area contributed by atoms with E-state index in [2.05, 4.69) is 20.5 Å². The third-order valence-electron chi connectivity index (χ3n) is 4.92. The molecule has 1 fully saturated rings. The van der Waals surface area contributed by atoms with Crippen LogP contribution in [0.25, 0.3) is 0 Å². The van der Waals surface area contributed by atoms with Crippen molar-refractivity contribution in [1.29, 1.82) is 0 Å².